The van der Waals surface area contributed by atoms with E-state index in [4.69, 9.17) is 19.9 Å². The third-order valence-corrected chi connectivity index (χ3v) is 3.78. The minimum atomic E-state index is 0. The first-order chi connectivity index (χ1) is 10.8. The van der Waals surface area contributed by atoms with Gasteiger partial charge in [-0.15, -0.1) is 24.0 Å². The molecule has 3 rings (SSSR count). The highest BCUT2D eigenvalue weighted by Crippen LogP contribution is 2.32. The van der Waals surface area contributed by atoms with Gasteiger partial charge in [0.05, 0.1) is 19.3 Å². The molecular weight excluding hydrogens is 409 g/mol. The zero-order valence-corrected chi connectivity index (χ0v) is 15.5. The Labute approximate surface area is 153 Å². The summed E-state index contributed by atoms with van der Waals surface area (Å²) in [6, 6.07) is 5.70. The van der Waals surface area contributed by atoms with Crippen molar-refractivity contribution < 1.29 is 14.2 Å². The summed E-state index contributed by atoms with van der Waals surface area (Å²) < 4.78 is 16.8. The zero-order valence-electron chi connectivity index (χ0n) is 13.1. The van der Waals surface area contributed by atoms with E-state index in [1.54, 1.807) is 0 Å². The van der Waals surface area contributed by atoms with Crippen LogP contribution in [0.2, 0.25) is 0 Å². The number of hydrogen-bond acceptors (Lipinski definition) is 4. The van der Waals surface area contributed by atoms with Gasteiger partial charge in [0.2, 0.25) is 0 Å². The lowest BCUT2D eigenvalue weighted by Crippen LogP contribution is -2.23. The van der Waals surface area contributed by atoms with Gasteiger partial charge in [0, 0.05) is 31.3 Å². The van der Waals surface area contributed by atoms with Crippen molar-refractivity contribution >= 4 is 35.6 Å². The molecule has 6 nitrogen and oxygen atoms in total. The van der Waals surface area contributed by atoms with Crippen molar-refractivity contribution in [1.82, 2.24) is 0 Å². The van der Waals surface area contributed by atoms with Gasteiger partial charge in [0.25, 0.3) is 0 Å². The molecule has 1 unspecified atom stereocenters. The fraction of sp³-hybridized carbons (Fsp3) is 0.562. The topological polar surface area (TPSA) is 78.1 Å². The number of anilines is 1. The molecule has 1 fully saturated rings. The largest absolute Gasteiger partial charge is 0.490 e. The number of halogens is 1. The van der Waals surface area contributed by atoms with E-state index < -0.39 is 0 Å². The molecule has 1 aromatic rings. The third-order valence-electron chi connectivity index (χ3n) is 3.78. The Kier molecular flexibility index (Phi) is 7.22. The quantitative estimate of drug-likeness (QED) is 0.434. The van der Waals surface area contributed by atoms with Crippen molar-refractivity contribution in [3.63, 3.8) is 0 Å². The normalized spacial score (nSPS) is 20.5. The monoisotopic (exact) mass is 433 g/mol. The summed E-state index contributed by atoms with van der Waals surface area (Å²) in [7, 11) is 0. The predicted octanol–water partition coefficient (Wildman–Crippen LogP) is 2.76. The lowest BCUT2D eigenvalue weighted by atomic mass is 10.2. The van der Waals surface area contributed by atoms with E-state index in [-0.39, 0.29) is 24.0 Å². The molecule has 23 heavy (non-hydrogen) atoms. The van der Waals surface area contributed by atoms with Gasteiger partial charge in [-0.2, -0.15) is 0 Å². The highest BCUT2D eigenvalue weighted by molar-refractivity contribution is 14.0. The summed E-state index contributed by atoms with van der Waals surface area (Å²) in [6.45, 7) is 2.90. The summed E-state index contributed by atoms with van der Waals surface area (Å²) in [5, 5.41) is 3.09. The fourth-order valence-electron chi connectivity index (χ4n) is 2.63. The Balaban J connectivity index is 0.00000192. The number of nitrogens with two attached hydrogens (primary N) is 1. The second kappa shape index (κ2) is 9.17. The van der Waals surface area contributed by atoms with Crippen LogP contribution in [0.3, 0.4) is 0 Å². The molecule has 1 aromatic carbocycles. The zero-order chi connectivity index (χ0) is 15.2. The van der Waals surface area contributed by atoms with Crippen LogP contribution in [-0.2, 0) is 4.74 Å². The lowest BCUT2D eigenvalue weighted by Gasteiger charge is -2.11. The second-order valence-electron chi connectivity index (χ2n) is 5.53. The number of aliphatic imine (C=N–C) groups is 1. The van der Waals surface area contributed by atoms with Gasteiger partial charge in [-0.05, 0) is 31.4 Å². The fourth-order valence-corrected chi connectivity index (χ4v) is 2.63. The first kappa shape index (κ1) is 18.1. The maximum atomic E-state index is 5.92. The van der Waals surface area contributed by atoms with E-state index in [9.17, 15) is 0 Å². The maximum absolute atomic E-state index is 5.92. The van der Waals surface area contributed by atoms with Crippen LogP contribution in [0.25, 0.3) is 0 Å². The van der Waals surface area contributed by atoms with Crippen LogP contribution >= 0.6 is 24.0 Å². The van der Waals surface area contributed by atoms with E-state index in [2.05, 4.69) is 10.3 Å². The summed E-state index contributed by atoms with van der Waals surface area (Å²) in [5.74, 6) is 1.93. The standard InChI is InChI=1S/C16H23N3O3.HI/c17-16(18-7-6-13-3-1-8-20-13)19-12-4-5-14-15(11-12)22-10-2-9-21-14;/h4-5,11,13H,1-3,6-10H2,(H3,17,18,19);1H. The molecule has 0 spiro atoms. The van der Waals surface area contributed by atoms with E-state index in [1.165, 1.54) is 0 Å². The third kappa shape index (κ3) is 5.42. The van der Waals surface area contributed by atoms with Crippen LogP contribution in [0.15, 0.2) is 23.2 Å². The van der Waals surface area contributed by atoms with Gasteiger partial charge >= 0.3 is 0 Å². The van der Waals surface area contributed by atoms with E-state index in [0.717, 1.165) is 49.5 Å². The molecule has 1 atom stereocenters. The highest BCUT2D eigenvalue weighted by atomic mass is 127. The van der Waals surface area contributed by atoms with Crippen molar-refractivity contribution in [3.8, 4) is 11.5 Å². The van der Waals surface area contributed by atoms with Gasteiger partial charge in [0.1, 0.15) is 0 Å². The van der Waals surface area contributed by atoms with E-state index in [0.29, 0.717) is 31.8 Å². The molecule has 0 aromatic heterocycles. The van der Waals surface area contributed by atoms with Crippen LogP contribution in [0.5, 0.6) is 11.5 Å². The van der Waals surface area contributed by atoms with Gasteiger partial charge < -0.3 is 25.3 Å². The molecule has 3 N–H and O–H groups in total. The summed E-state index contributed by atoms with van der Waals surface area (Å²) >= 11 is 0. The Morgan fingerprint density at radius 2 is 2.00 bits per heavy atom. The molecule has 2 aliphatic rings. The molecule has 2 aliphatic heterocycles. The minimum absolute atomic E-state index is 0. The van der Waals surface area contributed by atoms with Crippen molar-refractivity contribution in [1.29, 1.82) is 0 Å². The smallest absolute Gasteiger partial charge is 0.193 e. The maximum Gasteiger partial charge on any atom is 0.193 e. The second-order valence-corrected chi connectivity index (χ2v) is 5.53. The molecule has 1 saturated heterocycles. The van der Waals surface area contributed by atoms with Crippen molar-refractivity contribution in [2.24, 2.45) is 10.7 Å². The molecule has 2 heterocycles. The Morgan fingerprint density at radius 3 is 2.78 bits per heavy atom. The number of fused-ring (bicyclic) bond motifs is 1. The van der Waals surface area contributed by atoms with Crippen molar-refractivity contribution in [2.75, 3.05) is 31.7 Å². The van der Waals surface area contributed by atoms with Crippen LogP contribution < -0.4 is 20.5 Å². The SMILES string of the molecule is I.NC(=NCCC1CCCO1)Nc1ccc2c(c1)OCCCO2. The first-order valence-corrected chi connectivity index (χ1v) is 7.89. The number of benzene rings is 1. The average molecular weight is 433 g/mol. The number of ether oxygens (including phenoxy) is 3. The van der Waals surface area contributed by atoms with Crippen molar-refractivity contribution in [3.05, 3.63) is 18.2 Å². The summed E-state index contributed by atoms with van der Waals surface area (Å²) in [6.07, 6.45) is 4.44. The Bertz CT molecular complexity index is 533. The lowest BCUT2D eigenvalue weighted by molar-refractivity contribution is 0.106. The Hall–Kier alpha value is -1.22. The predicted molar refractivity (Wildman–Crippen MR) is 101 cm³/mol. The minimum Gasteiger partial charge on any atom is -0.490 e. The molecule has 0 amide bonds. The average Bonchev–Trinajstić information content (AvgIpc) is 2.91. The van der Waals surface area contributed by atoms with Gasteiger partial charge in [-0.25, -0.2) is 0 Å². The Morgan fingerprint density at radius 1 is 1.17 bits per heavy atom. The van der Waals surface area contributed by atoms with Gasteiger partial charge in [-0.3, -0.25) is 4.99 Å². The number of nitrogens with zero attached hydrogens (tertiary/aromatic N) is 1. The highest BCUT2D eigenvalue weighted by Gasteiger charge is 2.14. The molecule has 128 valence electrons. The van der Waals surface area contributed by atoms with E-state index >= 15 is 0 Å². The molecule has 7 heteroatoms. The first-order valence-electron chi connectivity index (χ1n) is 7.89. The van der Waals surface area contributed by atoms with Gasteiger partial charge in [0.15, 0.2) is 17.5 Å². The van der Waals surface area contributed by atoms with E-state index in [1.807, 2.05) is 18.2 Å². The van der Waals surface area contributed by atoms with Gasteiger partial charge in [-0.1, -0.05) is 0 Å². The summed E-state index contributed by atoms with van der Waals surface area (Å²) in [4.78, 5) is 4.34. The number of rotatable bonds is 4. The number of hydrogen-bond donors (Lipinski definition) is 2. The van der Waals surface area contributed by atoms with Crippen molar-refractivity contribution in [2.45, 2.75) is 31.8 Å². The van der Waals surface area contributed by atoms with Crippen LogP contribution in [0.4, 0.5) is 5.69 Å². The molecule has 0 saturated carbocycles. The molecule has 0 aliphatic carbocycles. The molecule has 0 bridgehead atoms. The van der Waals surface area contributed by atoms with Crippen LogP contribution in [0.1, 0.15) is 25.7 Å². The van der Waals surface area contributed by atoms with Crippen LogP contribution in [-0.4, -0.2) is 38.4 Å². The van der Waals surface area contributed by atoms with Crippen LogP contribution in [0, 0.1) is 0 Å². The number of guanidine groups is 1. The molecular formula is C16H24IN3O3. The molecule has 0 radical (unpaired) electrons. The summed E-state index contributed by atoms with van der Waals surface area (Å²) in [5.41, 5.74) is 6.77. The number of nitrogens with one attached hydrogen (secondary N) is 1.